The zero-order valence-corrected chi connectivity index (χ0v) is 19.5. The van der Waals surface area contributed by atoms with Crippen LogP contribution in [0.15, 0.2) is 42.5 Å². The van der Waals surface area contributed by atoms with Gasteiger partial charge >= 0.3 is 0 Å². The quantitative estimate of drug-likeness (QED) is 0.316. The molecule has 2 aliphatic heterocycles. The zero-order valence-electron chi connectivity index (χ0n) is 19.5. The SMILES string of the molecule is COc1cc(C2Oc3cc(C4Oc5cc(C)cc(O)c5C(O)C4O)cc(O)c3OC2CO)ccc1O. The summed E-state index contributed by atoms with van der Waals surface area (Å²) in [6.07, 6.45) is -5.70. The van der Waals surface area contributed by atoms with Gasteiger partial charge in [0.25, 0.3) is 0 Å². The van der Waals surface area contributed by atoms with E-state index in [0.717, 1.165) is 0 Å². The van der Waals surface area contributed by atoms with Crippen LogP contribution in [0, 0.1) is 6.92 Å². The van der Waals surface area contributed by atoms with Gasteiger partial charge in [0, 0.05) is 11.1 Å². The first-order valence-electron chi connectivity index (χ1n) is 11.3. The van der Waals surface area contributed by atoms with Gasteiger partial charge in [0.2, 0.25) is 5.75 Å². The molecule has 0 aliphatic carbocycles. The Labute approximate surface area is 206 Å². The molecule has 0 spiro atoms. The largest absolute Gasteiger partial charge is 0.507 e. The lowest BCUT2D eigenvalue weighted by Crippen LogP contribution is -2.37. The third kappa shape index (κ3) is 3.89. The third-order valence-electron chi connectivity index (χ3n) is 6.41. The number of aryl methyl sites for hydroxylation is 1. The Morgan fingerprint density at radius 2 is 1.56 bits per heavy atom. The highest BCUT2D eigenvalue weighted by Crippen LogP contribution is 2.50. The summed E-state index contributed by atoms with van der Waals surface area (Å²) in [6.45, 7) is 1.33. The highest BCUT2D eigenvalue weighted by atomic mass is 16.6. The van der Waals surface area contributed by atoms with Crippen molar-refractivity contribution in [3.8, 4) is 40.2 Å². The van der Waals surface area contributed by atoms with Crippen molar-refractivity contribution >= 4 is 0 Å². The fraction of sp³-hybridized carbons (Fsp3) is 0.308. The average Bonchev–Trinajstić information content (AvgIpc) is 2.85. The number of hydrogen-bond donors (Lipinski definition) is 6. The molecular formula is C26H26O10. The molecule has 5 atom stereocenters. The molecule has 10 nitrogen and oxygen atoms in total. The van der Waals surface area contributed by atoms with E-state index in [1.165, 1.54) is 31.4 Å². The number of ether oxygens (including phenoxy) is 4. The number of aliphatic hydroxyl groups excluding tert-OH is 3. The number of rotatable bonds is 4. The molecule has 6 N–H and O–H groups in total. The van der Waals surface area contributed by atoms with Crippen LogP contribution in [0.25, 0.3) is 0 Å². The van der Waals surface area contributed by atoms with Crippen molar-refractivity contribution in [2.75, 3.05) is 13.7 Å². The van der Waals surface area contributed by atoms with E-state index in [4.69, 9.17) is 18.9 Å². The van der Waals surface area contributed by atoms with Crippen LogP contribution in [0.4, 0.5) is 0 Å². The van der Waals surface area contributed by atoms with Crippen molar-refractivity contribution in [2.45, 2.75) is 37.4 Å². The molecule has 0 radical (unpaired) electrons. The van der Waals surface area contributed by atoms with E-state index in [0.29, 0.717) is 11.1 Å². The second-order valence-corrected chi connectivity index (χ2v) is 8.85. The molecule has 0 saturated carbocycles. The fourth-order valence-electron chi connectivity index (χ4n) is 4.64. The second-order valence-electron chi connectivity index (χ2n) is 8.85. The maximum atomic E-state index is 10.8. The number of hydrogen-bond acceptors (Lipinski definition) is 10. The van der Waals surface area contributed by atoms with Crippen molar-refractivity contribution in [1.29, 1.82) is 0 Å². The Hall–Kier alpha value is -3.86. The normalized spacial score (nSPS) is 24.5. The predicted octanol–water partition coefficient (Wildman–Crippen LogP) is 2.52. The van der Waals surface area contributed by atoms with Crippen molar-refractivity contribution < 1.29 is 49.6 Å². The average molecular weight is 498 g/mol. The molecule has 0 aromatic heterocycles. The Morgan fingerprint density at radius 3 is 2.28 bits per heavy atom. The number of phenols is 3. The molecular weight excluding hydrogens is 472 g/mol. The highest BCUT2D eigenvalue weighted by molar-refractivity contribution is 5.57. The molecule has 10 heteroatoms. The lowest BCUT2D eigenvalue weighted by Gasteiger charge is -2.37. The first-order chi connectivity index (χ1) is 17.2. The maximum absolute atomic E-state index is 10.8. The molecule has 5 unspecified atom stereocenters. The van der Waals surface area contributed by atoms with E-state index < -0.39 is 37.1 Å². The van der Waals surface area contributed by atoms with Crippen LogP contribution >= 0.6 is 0 Å². The van der Waals surface area contributed by atoms with Crippen LogP contribution in [-0.2, 0) is 0 Å². The van der Waals surface area contributed by atoms with Gasteiger partial charge in [-0.2, -0.15) is 0 Å². The molecule has 3 aromatic rings. The number of benzene rings is 3. The number of phenolic OH excluding ortho intramolecular Hbond substituents is 3. The van der Waals surface area contributed by atoms with Gasteiger partial charge in [0.1, 0.15) is 23.7 Å². The Bertz CT molecular complexity index is 1310. The Kier molecular flexibility index (Phi) is 5.95. The van der Waals surface area contributed by atoms with Crippen LogP contribution in [0.5, 0.6) is 40.2 Å². The van der Waals surface area contributed by atoms with Gasteiger partial charge in [-0.25, -0.2) is 0 Å². The predicted molar refractivity (Wildman–Crippen MR) is 125 cm³/mol. The molecule has 0 bridgehead atoms. The van der Waals surface area contributed by atoms with Gasteiger partial charge in [-0.1, -0.05) is 6.07 Å². The van der Waals surface area contributed by atoms with Gasteiger partial charge in [0.05, 0.1) is 19.3 Å². The van der Waals surface area contributed by atoms with Crippen LogP contribution < -0.4 is 18.9 Å². The minimum atomic E-state index is -1.46. The van der Waals surface area contributed by atoms with Gasteiger partial charge in [-0.05, 0) is 48.9 Å². The summed E-state index contributed by atoms with van der Waals surface area (Å²) in [5.74, 6) is -0.0378. The molecule has 0 fully saturated rings. The molecule has 2 heterocycles. The van der Waals surface area contributed by atoms with Crippen molar-refractivity contribution in [1.82, 2.24) is 0 Å². The lowest BCUT2D eigenvalue weighted by atomic mass is 9.90. The maximum Gasteiger partial charge on any atom is 0.203 e. The monoisotopic (exact) mass is 498 g/mol. The topological polar surface area (TPSA) is 158 Å². The van der Waals surface area contributed by atoms with E-state index in [1.54, 1.807) is 25.1 Å². The summed E-state index contributed by atoms with van der Waals surface area (Å²) >= 11 is 0. The van der Waals surface area contributed by atoms with Gasteiger partial charge < -0.3 is 49.6 Å². The summed E-state index contributed by atoms with van der Waals surface area (Å²) in [5, 5.41) is 62.3. The smallest absolute Gasteiger partial charge is 0.203 e. The standard InChI is InChI=1S/C26H26O10/c1-11-5-15(29)21-18(6-11)34-25(23(32)22(21)31)13-7-16(30)26-19(9-13)35-24(20(10-27)36-26)12-3-4-14(28)17(8-12)33-2/h3-9,20,22-25,27-32H,10H2,1-2H3. The Morgan fingerprint density at radius 1 is 0.806 bits per heavy atom. The van der Waals surface area contributed by atoms with Crippen molar-refractivity contribution in [2.24, 2.45) is 0 Å². The Balaban J connectivity index is 1.53. The van der Waals surface area contributed by atoms with E-state index in [9.17, 15) is 30.6 Å². The van der Waals surface area contributed by atoms with E-state index in [2.05, 4.69) is 0 Å². The van der Waals surface area contributed by atoms with Crippen molar-refractivity contribution in [3.05, 3.63) is 64.7 Å². The molecule has 5 rings (SSSR count). The minimum Gasteiger partial charge on any atom is -0.507 e. The first kappa shape index (κ1) is 23.9. The van der Waals surface area contributed by atoms with Crippen LogP contribution in [0.1, 0.15) is 40.6 Å². The number of methoxy groups -OCH3 is 1. The van der Waals surface area contributed by atoms with E-state index in [1.807, 2.05) is 0 Å². The molecule has 0 amide bonds. The third-order valence-corrected chi connectivity index (χ3v) is 6.41. The van der Waals surface area contributed by atoms with Gasteiger partial charge in [0.15, 0.2) is 41.3 Å². The van der Waals surface area contributed by atoms with Gasteiger partial charge in [-0.15, -0.1) is 0 Å². The number of fused-ring (bicyclic) bond motifs is 2. The van der Waals surface area contributed by atoms with Crippen LogP contribution in [0.2, 0.25) is 0 Å². The lowest BCUT2D eigenvalue weighted by molar-refractivity contribution is -0.0713. The molecule has 2 aliphatic rings. The highest BCUT2D eigenvalue weighted by Gasteiger charge is 2.41. The molecule has 3 aromatic carbocycles. The molecule has 0 saturated heterocycles. The number of aromatic hydroxyl groups is 3. The van der Waals surface area contributed by atoms with Gasteiger partial charge in [-0.3, -0.25) is 0 Å². The van der Waals surface area contributed by atoms with Crippen molar-refractivity contribution in [3.63, 3.8) is 0 Å². The molecule has 190 valence electrons. The summed E-state index contributed by atoms with van der Waals surface area (Å²) in [4.78, 5) is 0. The molecule has 36 heavy (non-hydrogen) atoms. The first-order valence-corrected chi connectivity index (χ1v) is 11.3. The van der Waals surface area contributed by atoms with E-state index >= 15 is 0 Å². The zero-order chi connectivity index (χ0) is 25.7. The summed E-state index contributed by atoms with van der Waals surface area (Å²) in [7, 11) is 1.41. The van der Waals surface area contributed by atoms with Crippen LogP contribution in [0.3, 0.4) is 0 Å². The van der Waals surface area contributed by atoms with E-state index in [-0.39, 0.29) is 51.4 Å². The summed E-state index contributed by atoms with van der Waals surface area (Å²) in [5.41, 5.74) is 1.61. The fourth-order valence-corrected chi connectivity index (χ4v) is 4.64. The number of aliphatic hydroxyl groups is 3. The second kappa shape index (κ2) is 8.98. The van der Waals surface area contributed by atoms with Crippen LogP contribution in [-0.4, -0.2) is 56.6 Å². The summed E-state index contributed by atoms with van der Waals surface area (Å²) < 4.78 is 23.1. The minimum absolute atomic E-state index is 0.000435. The summed E-state index contributed by atoms with van der Waals surface area (Å²) in [6, 6.07) is 10.5.